The van der Waals surface area contributed by atoms with Crippen molar-refractivity contribution in [3.8, 4) is 11.6 Å². The molecule has 0 radical (unpaired) electrons. The maximum atomic E-state index is 5.24. The summed E-state index contributed by atoms with van der Waals surface area (Å²) in [6.07, 6.45) is 2.53. The fraction of sp³-hybridized carbons (Fsp3) is 0.385. The number of thiophene rings is 1. The molecule has 0 aliphatic carbocycles. The fourth-order valence-corrected chi connectivity index (χ4v) is 2.55. The maximum absolute atomic E-state index is 5.24. The summed E-state index contributed by atoms with van der Waals surface area (Å²) in [7, 11) is 1.90. The Hall–Kier alpha value is -2.06. The van der Waals surface area contributed by atoms with E-state index < -0.39 is 0 Å². The lowest BCUT2D eigenvalue weighted by Gasteiger charge is -2.04. The Labute approximate surface area is 126 Å². The van der Waals surface area contributed by atoms with E-state index in [0.29, 0.717) is 36.4 Å². The van der Waals surface area contributed by atoms with E-state index in [1.807, 2.05) is 24.7 Å². The van der Waals surface area contributed by atoms with Gasteiger partial charge >= 0.3 is 0 Å². The molecule has 7 nitrogen and oxygen atoms in total. The molecule has 1 N–H and O–H groups in total. The molecule has 3 heterocycles. The average Bonchev–Trinajstić information content (AvgIpc) is 3.20. The predicted octanol–water partition coefficient (Wildman–Crippen LogP) is 1.59. The van der Waals surface area contributed by atoms with Crippen LogP contribution in [0.4, 0.5) is 0 Å². The molecule has 3 aromatic rings. The third-order valence-corrected chi connectivity index (χ3v) is 3.97. The molecule has 0 aliphatic heterocycles. The van der Waals surface area contributed by atoms with Crippen LogP contribution in [0.1, 0.15) is 17.6 Å². The molecule has 0 aromatic carbocycles. The van der Waals surface area contributed by atoms with Crippen LogP contribution in [-0.2, 0) is 13.0 Å². The maximum Gasteiger partial charge on any atom is 0.280 e. The largest absolute Gasteiger partial charge is 0.332 e. The second-order valence-electron chi connectivity index (χ2n) is 4.79. The van der Waals surface area contributed by atoms with Crippen LogP contribution in [0.2, 0.25) is 0 Å². The molecule has 8 heteroatoms. The van der Waals surface area contributed by atoms with Crippen LogP contribution in [0.15, 0.2) is 28.2 Å². The number of nitrogens with zero attached hydrogens (tertiary/aromatic N) is 5. The SMILES string of the molecule is CNC(C)Cc1noc(-c2cn(Cc3cccs3)nn2)n1. The van der Waals surface area contributed by atoms with Crippen molar-refractivity contribution in [3.05, 3.63) is 34.4 Å². The molecule has 3 rings (SSSR count). The van der Waals surface area contributed by atoms with Crippen LogP contribution < -0.4 is 5.32 Å². The van der Waals surface area contributed by atoms with Crippen LogP contribution in [-0.4, -0.2) is 38.2 Å². The quantitative estimate of drug-likeness (QED) is 0.744. The number of rotatable bonds is 6. The molecule has 21 heavy (non-hydrogen) atoms. The molecule has 0 saturated carbocycles. The Balaban J connectivity index is 1.71. The molecule has 3 aromatic heterocycles. The van der Waals surface area contributed by atoms with Crippen LogP contribution in [0, 0.1) is 0 Å². The van der Waals surface area contributed by atoms with Crippen LogP contribution >= 0.6 is 11.3 Å². The van der Waals surface area contributed by atoms with E-state index in [0.717, 1.165) is 0 Å². The zero-order valence-electron chi connectivity index (χ0n) is 11.9. The van der Waals surface area contributed by atoms with Crippen molar-refractivity contribution in [2.75, 3.05) is 7.05 Å². The zero-order chi connectivity index (χ0) is 14.7. The van der Waals surface area contributed by atoms with Gasteiger partial charge in [-0.3, -0.25) is 0 Å². The summed E-state index contributed by atoms with van der Waals surface area (Å²) in [6, 6.07) is 4.38. The molecule has 0 amide bonds. The molecule has 1 unspecified atom stereocenters. The van der Waals surface area contributed by atoms with Gasteiger partial charge in [0.25, 0.3) is 5.89 Å². The van der Waals surface area contributed by atoms with Gasteiger partial charge in [-0.2, -0.15) is 4.98 Å². The van der Waals surface area contributed by atoms with Gasteiger partial charge in [0.1, 0.15) is 0 Å². The normalized spacial score (nSPS) is 12.7. The molecule has 0 aliphatic rings. The first kappa shape index (κ1) is 13.9. The Bertz CT molecular complexity index is 689. The smallest absolute Gasteiger partial charge is 0.280 e. The Morgan fingerprint density at radius 3 is 3.14 bits per heavy atom. The fourth-order valence-electron chi connectivity index (χ4n) is 1.85. The van der Waals surface area contributed by atoms with Gasteiger partial charge in [-0.1, -0.05) is 16.4 Å². The lowest BCUT2D eigenvalue weighted by atomic mass is 10.2. The number of hydrogen-bond acceptors (Lipinski definition) is 7. The van der Waals surface area contributed by atoms with Gasteiger partial charge < -0.3 is 9.84 Å². The second-order valence-corrected chi connectivity index (χ2v) is 5.82. The first-order chi connectivity index (χ1) is 10.2. The van der Waals surface area contributed by atoms with E-state index in [1.165, 1.54) is 4.88 Å². The van der Waals surface area contributed by atoms with Crippen molar-refractivity contribution < 1.29 is 4.52 Å². The molecular formula is C13H16N6OS. The third-order valence-electron chi connectivity index (χ3n) is 3.11. The molecule has 1 atom stereocenters. The topological polar surface area (TPSA) is 81.7 Å². The summed E-state index contributed by atoms with van der Waals surface area (Å²) in [5.41, 5.74) is 0.599. The Morgan fingerprint density at radius 1 is 1.48 bits per heavy atom. The zero-order valence-corrected chi connectivity index (χ0v) is 12.7. The summed E-state index contributed by atoms with van der Waals surface area (Å²) < 4.78 is 7.01. The number of aromatic nitrogens is 5. The summed E-state index contributed by atoms with van der Waals surface area (Å²) in [5, 5.41) is 17.3. The highest BCUT2D eigenvalue weighted by Gasteiger charge is 2.14. The number of likely N-dealkylation sites (N-methyl/N-ethyl adjacent to an activating group) is 1. The lowest BCUT2D eigenvalue weighted by molar-refractivity contribution is 0.417. The molecule has 0 bridgehead atoms. The standard InChI is InChI=1S/C13H16N6OS/c1-9(14-2)6-12-15-13(20-17-12)11-8-19(18-16-11)7-10-4-3-5-21-10/h3-5,8-9,14H,6-7H2,1-2H3. The van der Waals surface area contributed by atoms with Crippen molar-refractivity contribution in [2.45, 2.75) is 25.9 Å². The van der Waals surface area contributed by atoms with E-state index in [9.17, 15) is 0 Å². The van der Waals surface area contributed by atoms with E-state index in [2.05, 4.69) is 38.8 Å². The van der Waals surface area contributed by atoms with Crippen molar-refractivity contribution in [1.29, 1.82) is 0 Å². The summed E-state index contributed by atoms with van der Waals surface area (Å²) in [5.74, 6) is 1.07. The molecule has 0 spiro atoms. The molecule has 110 valence electrons. The van der Waals surface area contributed by atoms with Crippen LogP contribution in [0.5, 0.6) is 0 Å². The Morgan fingerprint density at radius 2 is 2.38 bits per heavy atom. The number of hydrogen-bond donors (Lipinski definition) is 1. The Kier molecular flexibility index (Phi) is 4.07. The number of nitrogens with one attached hydrogen (secondary N) is 1. The van der Waals surface area contributed by atoms with Gasteiger partial charge in [0.15, 0.2) is 11.5 Å². The van der Waals surface area contributed by atoms with Gasteiger partial charge in [0.05, 0.1) is 12.7 Å². The van der Waals surface area contributed by atoms with E-state index in [4.69, 9.17) is 4.52 Å². The molecular weight excluding hydrogens is 288 g/mol. The summed E-state index contributed by atoms with van der Waals surface area (Å²) in [6.45, 7) is 2.76. The van der Waals surface area contributed by atoms with Crippen molar-refractivity contribution >= 4 is 11.3 Å². The monoisotopic (exact) mass is 304 g/mol. The van der Waals surface area contributed by atoms with Gasteiger partial charge in [-0.05, 0) is 25.4 Å². The van der Waals surface area contributed by atoms with Crippen LogP contribution in [0.25, 0.3) is 11.6 Å². The lowest BCUT2D eigenvalue weighted by Crippen LogP contribution is -2.24. The van der Waals surface area contributed by atoms with Gasteiger partial charge in [0.2, 0.25) is 0 Å². The van der Waals surface area contributed by atoms with Crippen molar-refractivity contribution in [3.63, 3.8) is 0 Å². The van der Waals surface area contributed by atoms with Gasteiger partial charge in [-0.25, -0.2) is 4.68 Å². The van der Waals surface area contributed by atoms with E-state index in [1.54, 1.807) is 16.0 Å². The average molecular weight is 304 g/mol. The first-order valence-electron chi connectivity index (χ1n) is 6.67. The highest BCUT2D eigenvalue weighted by atomic mass is 32.1. The highest BCUT2D eigenvalue weighted by molar-refractivity contribution is 7.09. The first-order valence-corrected chi connectivity index (χ1v) is 7.55. The van der Waals surface area contributed by atoms with E-state index in [-0.39, 0.29) is 0 Å². The van der Waals surface area contributed by atoms with Gasteiger partial charge in [-0.15, -0.1) is 16.4 Å². The minimum Gasteiger partial charge on any atom is -0.332 e. The molecule has 0 saturated heterocycles. The summed E-state index contributed by atoms with van der Waals surface area (Å²) >= 11 is 1.69. The van der Waals surface area contributed by atoms with Crippen molar-refractivity contribution in [1.82, 2.24) is 30.5 Å². The predicted molar refractivity (Wildman–Crippen MR) is 79.0 cm³/mol. The third kappa shape index (κ3) is 3.34. The van der Waals surface area contributed by atoms with E-state index >= 15 is 0 Å². The van der Waals surface area contributed by atoms with Crippen molar-refractivity contribution in [2.24, 2.45) is 0 Å². The summed E-state index contributed by atoms with van der Waals surface area (Å²) in [4.78, 5) is 5.57. The minimum absolute atomic E-state index is 0.296. The van der Waals surface area contributed by atoms with Gasteiger partial charge in [0, 0.05) is 17.3 Å². The minimum atomic E-state index is 0.296. The second kappa shape index (κ2) is 6.15. The highest BCUT2D eigenvalue weighted by Crippen LogP contribution is 2.15. The molecule has 0 fully saturated rings. The van der Waals surface area contributed by atoms with Crippen LogP contribution in [0.3, 0.4) is 0 Å².